The van der Waals surface area contributed by atoms with E-state index in [1.807, 2.05) is 13.8 Å². The third-order valence-corrected chi connectivity index (χ3v) is 5.21. The van der Waals surface area contributed by atoms with Crippen LogP contribution in [-0.2, 0) is 16.6 Å². The first-order valence-corrected chi connectivity index (χ1v) is 9.46. The molecular weight excluding hydrogens is 343 g/mol. The zero-order valence-electron chi connectivity index (χ0n) is 14.1. The average Bonchev–Trinajstić information content (AvgIpc) is 2.61. The summed E-state index contributed by atoms with van der Waals surface area (Å²) in [7, 11) is -3.86. The molecule has 1 amide bonds. The highest BCUT2D eigenvalue weighted by atomic mass is 32.2. The van der Waals surface area contributed by atoms with E-state index in [1.165, 1.54) is 36.4 Å². The highest BCUT2D eigenvalue weighted by molar-refractivity contribution is 7.89. The van der Waals surface area contributed by atoms with E-state index in [0.29, 0.717) is 0 Å². The lowest BCUT2D eigenvalue weighted by Gasteiger charge is -2.12. The Bertz CT molecular complexity index is 853. The quantitative estimate of drug-likeness (QED) is 0.793. The summed E-state index contributed by atoms with van der Waals surface area (Å²) < 4.78 is 40.8. The Kier molecular flexibility index (Phi) is 6.27. The van der Waals surface area contributed by atoms with Crippen molar-refractivity contribution in [2.45, 2.75) is 37.8 Å². The molecule has 0 fully saturated rings. The van der Waals surface area contributed by atoms with Crippen LogP contribution in [0.2, 0.25) is 0 Å². The largest absolute Gasteiger partial charge is 0.350 e. The Hall–Kier alpha value is -2.25. The second-order valence-electron chi connectivity index (χ2n) is 5.73. The van der Waals surface area contributed by atoms with Gasteiger partial charge in [-0.2, -0.15) is 0 Å². The molecule has 0 spiro atoms. The number of benzene rings is 2. The van der Waals surface area contributed by atoms with Gasteiger partial charge in [0.2, 0.25) is 10.0 Å². The van der Waals surface area contributed by atoms with Crippen LogP contribution < -0.4 is 10.0 Å². The molecule has 25 heavy (non-hydrogen) atoms. The van der Waals surface area contributed by atoms with Crippen LogP contribution in [0.4, 0.5) is 4.39 Å². The lowest BCUT2D eigenvalue weighted by molar-refractivity contribution is 0.0939. The summed E-state index contributed by atoms with van der Waals surface area (Å²) in [5.41, 5.74) is 0.505. The first kappa shape index (κ1) is 19.1. The normalized spacial score (nSPS) is 12.6. The van der Waals surface area contributed by atoms with Gasteiger partial charge in [-0.1, -0.05) is 31.2 Å². The Morgan fingerprint density at radius 1 is 1.16 bits per heavy atom. The predicted octanol–water partition coefficient (Wildman–Crippen LogP) is 2.83. The molecule has 2 aromatic carbocycles. The van der Waals surface area contributed by atoms with Gasteiger partial charge in [0.05, 0.1) is 4.90 Å². The van der Waals surface area contributed by atoms with Crippen LogP contribution in [-0.4, -0.2) is 20.4 Å². The van der Waals surface area contributed by atoms with Gasteiger partial charge in [0.15, 0.2) is 0 Å². The number of halogens is 1. The predicted molar refractivity (Wildman–Crippen MR) is 94.1 cm³/mol. The van der Waals surface area contributed by atoms with E-state index in [0.717, 1.165) is 6.42 Å². The number of hydrogen-bond acceptors (Lipinski definition) is 3. The van der Waals surface area contributed by atoms with E-state index in [9.17, 15) is 17.6 Å². The van der Waals surface area contributed by atoms with Gasteiger partial charge in [-0.3, -0.25) is 4.79 Å². The van der Waals surface area contributed by atoms with Gasteiger partial charge in [-0.15, -0.1) is 0 Å². The standard InChI is InChI=1S/C18H21FN2O3S/c1-3-13(2)21-18(22)14-8-6-9-16(11-14)25(23,24)20-12-15-7-4-5-10-17(15)19/h4-11,13,20H,3,12H2,1-2H3,(H,21,22). The summed E-state index contributed by atoms with van der Waals surface area (Å²) in [6, 6.07) is 11.7. The first-order valence-electron chi connectivity index (χ1n) is 7.97. The van der Waals surface area contributed by atoms with Crippen molar-refractivity contribution in [2.24, 2.45) is 0 Å². The molecule has 0 saturated carbocycles. The molecule has 0 aromatic heterocycles. The molecule has 2 rings (SSSR count). The van der Waals surface area contributed by atoms with Crippen LogP contribution in [0, 0.1) is 5.82 Å². The van der Waals surface area contributed by atoms with Gasteiger partial charge in [-0.05, 0) is 37.6 Å². The van der Waals surface area contributed by atoms with Crippen molar-refractivity contribution in [3.8, 4) is 0 Å². The fourth-order valence-electron chi connectivity index (χ4n) is 2.11. The Morgan fingerprint density at radius 2 is 1.88 bits per heavy atom. The van der Waals surface area contributed by atoms with Crippen LogP contribution in [0.3, 0.4) is 0 Å². The zero-order chi connectivity index (χ0) is 18.4. The number of carbonyl (C=O) groups excluding carboxylic acids is 1. The molecule has 2 aromatic rings. The number of hydrogen-bond donors (Lipinski definition) is 2. The maximum atomic E-state index is 13.6. The Labute approximate surface area is 147 Å². The maximum absolute atomic E-state index is 13.6. The molecule has 1 atom stereocenters. The van der Waals surface area contributed by atoms with Crippen molar-refractivity contribution in [1.29, 1.82) is 0 Å². The number of carbonyl (C=O) groups is 1. The van der Waals surface area contributed by atoms with Crippen molar-refractivity contribution in [3.63, 3.8) is 0 Å². The van der Waals surface area contributed by atoms with E-state index in [-0.39, 0.29) is 34.5 Å². The molecule has 0 radical (unpaired) electrons. The summed E-state index contributed by atoms with van der Waals surface area (Å²) in [5, 5.41) is 2.79. The molecule has 134 valence electrons. The molecule has 5 nitrogen and oxygen atoms in total. The van der Waals surface area contributed by atoms with E-state index in [4.69, 9.17) is 0 Å². The van der Waals surface area contributed by atoms with Gasteiger partial charge < -0.3 is 5.32 Å². The Morgan fingerprint density at radius 3 is 2.56 bits per heavy atom. The minimum Gasteiger partial charge on any atom is -0.350 e. The molecule has 0 bridgehead atoms. The fraction of sp³-hybridized carbons (Fsp3) is 0.278. The molecule has 7 heteroatoms. The van der Waals surface area contributed by atoms with Gasteiger partial charge in [0.25, 0.3) is 5.91 Å². The molecule has 0 saturated heterocycles. The number of sulfonamides is 1. The van der Waals surface area contributed by atoms with Crippen molar-refractivity contribution in [1.82, 2.24) is 10.0 Å². The van der Waals surface area contributed by atoms with Crippen LogP contribution in [0.5, 0.6) is 0 Å². The van der Waals surface area contributed by atoms with Gasteiger partial charge in [0, 0.05) is 23.7 Å². The van der Waals surface area contributed by atoms with Gasteiger partial charge >= 0.3 is 0 Å². The highest BCUT2D eigenvalue weighted by Crippen LogP contribution is 2.13. The van der Waals surface area contributed by atoms with Crippen LogP contribution >= 0.6 is 0 Å². The smallest absolute Gasteiger partial charge is 0.251 e. The first-order chi connectivity index (χ1) is 11.8. The van der Waals surface area contributed by atoms with E-state index in [1.54, 1.807) is 12.1 Å². The summed E-state index contributed by atoms with van der Waals surface area (Å²) in [6.45, 7) is 3.64. The van der Waals surface area contributed by atoms with Gasteiger partial charge in [-0.25, -0.2) is 17.5 Å². The molecule has 0 heterocycles. The SMILES string of the molecule is CCC(C)NC(=O)c1cccc(S(=O)(=O)NCc2ccccc2F)c1. The lowest BCUT2D eigenvalue weighted by Crippen LogP contribution is -2.32. The summed E-state index contributed by atoms with van der Waals surface area (Å²) >= 11 is 0. The van der Waals surface area contributed by atoms with Gasteiger partial charge in [0.1, 0.15) is 5.82 Å². The van der Waals surface area contributed by atoms with Crippen molar-refractivity contribution >= 4 is 15.9 Å². The zero-order valence-corrected chi connectivity index (χ0v) is 14.9. The third-order valence-electron chi connectivity index (χ3n) is 3.81. The highest BCUT2D eigenvalue weighted by Gasteiger charge is 2.17. The number of rotatable bonds is 7. The van der Waals surface area contributed by atoms with Crippen LogP contribution in [0.1, 0.15) is 36.2 Å². The number of nitrogens with one attached hydrogen (secondary N) is 2. The summed E-state index contributed by atoms with van der Waals surface area (Å²) in [6.07, 6.45) is 0.772. The molecule has 0 aliphatic carbocycles. The summed E-state index contributed by atoms with van der Waals surface area (Å²) in [5.74, 6) is -0.813. The third kappa shape index (κ3) is 5.11. The van der Waals surface area contributed by atoms with Crippen LogP contribution in [0.25, 0.3) is 0 Å². The monoisotopic (exact) mass is 364 g/mol. The van der Waals surface area contributed by atoms with E-state index in [2.05, 4.69) is 10.0 Å². The molecule has 0 aliphatic heterocycles. The fourth-order valence-corrected chi connectivity index (χ4v) is 3.16. The minimum atomic E-state index is -3.86. The van der Waals surface area contributed by atoms with Crippen molar-refractivity contribution < 1.29 is 17.6 Å². The van der Waals surface area contributed by atoms with Crippen LogP contribution in [0.15, 0.2) is 53.4 Å². The van der Waals surface area contributed by atoms with E-state index < -0.39 is 15.8 Å². The Balaban J connectivity index is 2.15. The molecule has 1 unspecified atom stereocenters. The second-order valence-corrected chi connectivity index (χ2v) is 7.49. The second kappa shape index (κ2) is 8.22. The van der Waals surface area contributed by atoms with E-state index >= 15 is 0 Å². The molecule has 0 aliphatic rings. The summed E-state index contributed by atoms with van der Waals surface area (Å²) in [4.78, 5) is 12.1. The molecular formula is C18H21FN2O3S. The topological polar surface area (TPSA) is 75.3 Å². The number of amides is 1. The van der Waals surface area contributed by atoms with Crippen molar-refractivity contribution in [3.05, 3.63) is 65.5 Å². The molecule has 2 N–H and O–H groups in total. The van der Waals surface area contributed by atoms with Crippen molar-refractivity contribution in [2.75, 3.05) is 0 Å². The lowest BCUT2D eigenvalue weighted by atomic mass is 10.2. The minimum absolute atomic E-state index is 0.00746. The maximum Gasteiger partial charge on any atom is 0.251 e. The average molecular weight is 364 g/mol.